The summed E-state index contributed by atoms with van der Waals surface area (Å²) in [6.45, 7) is 5.67. The van der Waals surface area contributed by atoms with Gasteiger partial charge in [-0.15, -0.1) is 0 Å². The Hall–Kier alpha value is -1.58. The molecular formula is C11H15N3O. The van der Waals surface area contributed by atoms with E-state index in [4.69, 9.17) is 0 Å². The van der Waals surface area contributed by atoms with Gasteiger partial charge in [-0.05, 0) is 25.5 Å². The van der Waals surface area contributed by atoms with E-state index < -0.39 is 0 Å². The minimum atomic E-state index is 0.0725. The molecule has 80 valence electrons. The summed E-state index contributed by atoms with van der Waals surface area (Å²) in [4.78, 5) is 18.0. The number of aromatic nitrogens is 1. The van der Waals surface area contributed by atoms with Gasteiger partial charge in [0.05, 0.1) is 5.69 Å². The van der Waals surface area contributed by atoms with Gasteiger partial charge in [0.2, 0.25) is 5.91 Å². The molecule has 4 nitrogen and oxygen atoms in total. The van der Waals surface area contributed by atoms with E-state index in [0.29, 0.717) is 6.42 Å². The predicted octanol–water partition coefficient (Wildman–Crippen LogP) is 1.56. The van der Waals surface area contributed by atoms with Crippen LogP contribution >= 0.6 is 0 Å². The Kier molecular flexibility index (Phi) is 2.58. The molecule has 2 heterocycles. The van der Waals surface area contributed by atoms with Crippen LogP contribution in [0.15, 0.2) is 12.3 Å². The van der Waals surface area contributed by atoms with Crippen molar-refractivity contribution in [2.45, 2.75) is 20.3 Å². The lowest BCUT2D eigenvalue weighted by Gasteiger charge is -2.21. The molecule has 2 rings (SSSR count). The maximum atomic E-state index is 11.5. The van der Waals surface area contributed by atoms with E-state index in [0.717, 1.165) is 30.2 Å². The number of fused-ring (bicyclic) bond motifs is 1. The molecule has 0 aromatic carbocycles. The highest BCUT2D eigenvalue weighted by atomic mass is 16.1. The SMILES string of the molecule is CCN1CCC(=O)Nc2c(C)ccnc21. The fraction of sp³-hybridized carbons (Fsp3) is 0.455. The van der Waals surface area contributed by atoms with E-state index in [1.165, 1.54) is 0 Å². The van der Waals surface area contributed by atoms with E-state index in [1.54, 1.807) is 6.20 Å². The molecule has 1 aromatic heterocycles. The second-order valence-corrected chi connectivity index (χ2v) is 3.70. The van der Waals surface area contributed by atoms with Gasteiger partial charge in [-0.1, -0.05) is 0 Å². The molecule has 1 aromatic rings. The molecular weight excluding hydrogens is 190 g/mol. The third kappa shape index (κ3) is 1.79. The molecule has 0 spiro atoms. The third-order valence-electron chi connectivity index (χ3n) is 2.69. The molecule has 1 aliphatic heterocycles. The molecule has 0 aliphatic carbocycles. The Labute approximate surface area is 89.3 Å². The van der Waals surface area contributed by atoms with Crippen molar-refractivity contribution in [3.63, 3.8) is 0 Å². The van der Waals surface area contributed by atoms with Crippen LogP contribution in [-0.2, 0) is 4.79 Å². The van der Waals surface area contributed by atoms with Crippen LogP contribution in [0.2, 0.25) is 0 Å². The van der Waals surface area contributed by atoms with Crippen molar-refractivity contribution < 1.29 is 4.79 Å². The van der Waals surface area contributed by atoms with Gasteiger partial charge in [-0.2, -0.15) is 0 Å². The Morgan fingerprint density at radius 2 is 2.40 bits per heavy atom. The summed E-state index contributed by atoms with van der Waals surface area (Å²) >= 11 is 0. The van der Waals surface area contributed by atoms with Crippen LogP contribution in [0.5, 0.6) is 0 Å². The summed E-state index contributed by atoms with van der Waals surface area (Å²) in [5, 5.41) is 2.91. The first kappa shape index (κ1) is 9.96. The number of amides is 1. The lowest BCUT2D eigenvalue weighted by molar-refractivity contribution is -0.115. The van der Waals surface area contributed by atoms with Crippen LogP contribution in [0, 0.1) is 6.92 Å². The molecule has 0 radical (unpaired) electrons. The second-order valence-electron chi connectivity index (χ2n) is 3.70. The molecule has 15 heavy (non-hydrogen) atoms. The van der Waals surface area contributed by atoms with Gasteiger partial charge < -0.3 is 10.2 Å². The van der Waals surface area contributed by atoms with E-state index >= 15 is 0 Å². The maximum absolute atomic E-state index is 11.5. The first-order valence-electron chi connectivity index (χ1n) is 5.22. The normalized spacial score (nSPS) is 15.6. The zero-order chi connectivity index (χ0) is 10.8. The standard InChI is InChI=1S/C11H15N3O/c1-3-14-7-5-9(15)13-10-8(2)4-6-12-11(10)14/h4,6H,3,5,7H2,1-2H3,(H,13,15). The van der Waals surface area contributed by atoms with Crippen LogP contribution in [-0.4, -0.2) is 24.0 Å². The van der Waals surface area contributed by atoms with E-state index in [9.17, 15) is 4.79 Å². The zero-order valence-electron chi connectivity index (χ0n) is 9.08. The van der Waals surface area contributed by atoms with E-state index in [2.05, 4.69) is 22.1 Å². The van der Waals surface area contributed by atoms with Crippen molar-refractivity contribution >= 4 is 17.4 Å². The van der Waals surface area contributed by atoms with Gasteiger partial charge >= 0.3 is 0 Å². The Morgan fingerprint density at radius 3 is 3.13 bits per heavy atom. The van der Waals surface area contributed by atoms with Crippen LogP contribution in [0.25, 0.3) is 0 Å². The van der Waals surface area contributed by atoms with Crippen LogP contribution in [0.1, 0.15) is 18.9 Å². The van der Waals surface area contributed by atoms with Gasteiger partial charge in [-0.25, -0.2) is 4.98 Å². The minimum absolute atomic E-state index is 0.0725. The average molecular weight is 205 g/mol. The lowest BCUT2D eigenvalue weighted by atomic mass is 10.2. The van der Waals surface area contributed by atoms with Crippen molar-refractivity contribution in [1.29, 1.82) is 0 Å². The summed E-state index contributed by atoms with van der Waals surface area (Å²) in [6.07, 6.45) is 2.32. The van der Waals surface area contributed by atoms with E-state index in [1.807, 2.05) is 13.0 Å². The molecule has 0 atom stereocenters. The number of pyridine rings is 1. The van der Waals surface area contributed by atoms with Gasteiger partial charge in [0.15, 0.2) is 5.82 Å². The molecule has 4 heteroatoms. The fourth-order valence-corrected chi connectivity index (χ4v) is 1.79. The molecule has 1 aliphatic rings. The van der Waals surface area contributed by atoms with Crippen molar-refractivity contribution in [1.82, 2.24) is 4.98 Å². The molecule has 1 N–H and O–H groups in total. The topological polar surface area (TPSA) is 45.2 Å². The summed E-state index contributed by atoms with van der Waals surface area (Å²) in [7, 11) is 0. The molecule has 0 bridgehead atoms. The number of nitrogens with one attached hydrogen (secondary N) is 1. The summed E-state index contributed by atoms with van der Waals surface area (Å²) in [5.74, 6) is 0.964. The smallest absolute Gasteiger partial charge is 0.226 e. The lowest BCUT2D eigenvalue weighted by Crippen LogP contribution is -2.24. The van der Waals surface area contributed by atoms with Crippen molar-refractivity contribution in [2.75, 3.05) is 23.3 Å². The van der Waals surface area contributed by atoms with E-state index in [-0.39, 0.29) is 5.91 Å². The zero-order valence-corrected chi connectivity index (χ0v) is 9.08. The van der Waals surface area contributed by atoms with Gasteiger partial charge in [-0.3, -0.25) is 4.79 Å². The Bertz CT molecular complexity index is 389. The number of nitrogens with zero attached hydrogens (tertiary/aromatic N) is 2. The van der Waals surface area contributed by atoms with Gasteiger partial charge in [0.1, 0.15) is 0 Å². The fourth-order valence-electron chi connectivity index (χ4n) is 1.79. The monoisotopic (exact) mass is 205 g/mol. The van der Waals surface area contributed by atoms with Crippen LogP contribution in [0.3, 0.4) is 0 Å². The third-order valence-corrected chi connectivity index (χ3v) is 2.69. The summed E-state index contributed by atoms with van der Waals surface area (Å²) in [6, 6.07) is 1.91. The Morgan fingerprint density at radius 1 is 1.60 bits per heavy atom. The van der Waals surface area contributed by atoms with Gasteiger partial charge in [0, 0.05) is 25.7 Å². The summed E-state index contributed by atoms with van der Waals surface area (Å²) in [5.41, 5.74) is 1.93. The number of carbonyl (C=O) groups is 1. The molecule has 1 amide bonds. The highest BCUT2D eigenvalue weighted by Gasteiger charge is 2.20. The quantitative estimate of drug-likeness (QED) is 0.756. The first-order chi connectivity index (χ1) is 7.22. The average Bonchev–Trinajstić information content (AvgIpc) is 2.38. The molecule has 0 saturated heterocycles. The number of anilines is 2. The first-order valence-corrected chi connectivity index (χ1v) is 5.22. The highest BCUT2D eigenvalue weighted by molar-refractivity contribution is 5.96. The molecule has 0 unspecified atom stereocenters. The van der Waals surface area contributed by atoms with Crippen molar-refractivity contribution in [2.24, 2.45) is 0 Å². The molecule has 0 fully saturated rings. The number of aryl methyl sites for hydroxylation is 1. The second kappa shape index (κ2) is 3.88. The van der Waals surface area contributed by atoms with Gasteiger partial charge in [0.25, 0.3) is 0 Å². The molecule has 0 saturated carbocycles. The number of rotatable bonds is 1. The Balaban J connectivity index is 2.49. The van der Waals surface area contributed by atoms with Crippen LogP contribution in [0.4, 0.5) is 11.5 Å². The number of hydrogen-bond acceptors (Lipinski definition) is 3. The maximum Gasteiger partial charge on any atom is 0.226 e. The van der Waals surface area contributed by atoms with Crippen LogP contribution < -0.4 is 10.2 Å². The summed E-state index contributed by atoms with van der Waals surface area (Å²) < 4.78 is 0. The van der Waals surface area contributed by atoms with Crippen molar-refractivity contribution in [3.8, 4) is 0 Å². The minimum Gasteiger partial charge on any atom is -0.355 e. The van der Waals surface area contributed by atoms with Crippen molar-refractivity contribution in [3.05, 3.63) is 17.8 Å². The highest BCUT2D eigenvalue weighted by Crippen LogP contribution is 2.28. The number of hydrogen-bond donors (Lipinski definition) is 1. The predicted molar refractivity (Wildman–Crippen MR) is 60.1 cm³/mol. The number of carbonyl (C=O) groups excluding carboxylic acids is 1. The largest absolute Gasteiger partial charge is 0.355 e.